The minimum absolute atomic E-state index is 0.0560. The van der Waals surface area contributed by atoms with Crippen LogP contribution in [0.4, 0.5) is 0 Å². The molecule has 1 aliphatic heterocycles. The van der Waals surface area contributed by atoms with Gasteiger partial charge in [-0.05, 0) is 103 Å². The van der Waals surface area contributed by atoms with Crippen LogP contribution in [0.1, 0.15) is 124 Å². The molecule has 1 aromatic rings. The van der Waals surface area contributed by atoms with Gasteiger partial charge in [-0.3, -0.25) is 47.9 Å². The molecule has 2 unspecified atom stereocenters. The molecule has 462 valence electrons. The van der Waals surface area contributed by atoms with Gasteiger partial charge in [0, 0.05) is 19.4 Å². The number of carbonyl (C=O) groups is 11. The van der Waals surface area contributed by atoms with E-state index in [4.69, 9.17) is 33.4 Å². The highest BCUT2D eigenvalue weighted by Gasteiger charge is 2.37. The van der Waals surface area contributed by atoms with Crippen molar-refractivity contribution in [3.63, 3.8) is 0 Å². The number of hydrogen-bond donors (Lipinski definition) is 16. The minimum Gasteiger partial charge on any atom is -0.459 e. The summed E-state index contributed by atoms with van der Waals surface area (Å²) in [6.45, 7) is 8.60. The summed E-state index contributed by atoms with van der Waals surface area (Å²) < 4.78 is 5.52. The summed E-state index contributed by atoms with van der Waals surface area (Å²) in [5.41, 5.74) is 30.3. The van der Waals surface area contributed by atoms with Crippen molar-refractivity contribution in [2.75, 3.05) is 32.7 Å². The SMILES string of the molecule is CCCCCCCC(=O)N[C@@H](C)C(=O)N[C@H](C(=O)N[C@@H](CCN)C(=O)NC1CCNC(=O)[C@@H](N)[C@@H](C)OC(=O)[C@H](CCN)NC(=O)[C@H](CCN)NC(=O)[C@H](CC(C)C)NC(=O)[C@@H](Cc2ccccc2)NC(=O)C(CCN)NC1=O)[C@@H](C)O. The second kappa shape index (κ2) is 38.0. The molecule has 0 saturated carbocycles. The molecule has 1 fully saturated rings. The maximum atomic E-state index is 14.4. The van der Waals surface area contributed by atoms with Crippen LogP contribution in [0.3, 0.4) is 0 Å². The fourth-order valence-electron chi connectivity index (χ4n) is 8.61. The van der Waals surface area contributed by atoms with Crippen LogP contribution >= 0.6 is 0 Å². The Kier molecular flexibility index (Phi) is 33.0. The summed E-state index contributed by atoms with van der Waals surface area (Å²) in [5, 5.41) is 36.3. The van der Waals surface area contributed by atoms with Crippen molar-refractivity contribution in [3.05, 3.63) is 35.9 Å². The number of aliphatic hydroxyl groups excluding tert-OH is 1. The quantitative estimate of drug-likeness (QED) is 0.0307. The summed E-state index contributed by atoms with van der Waals surface area (Å²) in [6, 6.07) is -5.76. The van der Waals surface area contributed by atoms with Crippen LogP contribution < -0.4 is 81.8 Å². The van der Waals surface area contributed by atoms with Crippen molar-refractivity contribution in [2.45, 2.75) is 198 Å². The molecule has 21 N–H and O–H groups in total. The first-order valence-electron chi connectivity index (χ1n) is 28.4. The first-order valence-corrected chi connectivity index (χ1v) is 28.4. The number of nitrogens with two attached hydrogens (primary N) is 5. The van der Waals surface area contributed by atoms with Crippen LogP contribution in [-0.2, 0) is 63.9 Å². The first kappa shape index (κ1) is 71.3. The number of esters is 1. The number of ether oxygens (including phenoxy) is 1. The molecule has 1 saturated heterocycles. The number of unbranched alkanes of at least 4 members (excludes halogenated alkanes) is 4. The zero-order chi connectivity index (χ0) is 61.5. The van der Waals surface area contributed by atoms with Crippen molar-refractivity contribution < 1.29 is 62.6 Å². The molecule has 0 radical (unpaired) electrons. The average molecular weight is 1160 g/mol. The third-order valence-electron chi connectivity index (χ3n) is 13.4. The van der Waals surface area contributed by atoms with Crippen molar-refractivity contribution >= 4 is 65.0 Å². The van der Waals surface area contributed by atoms with Gasteiger partial charge >= 0.3 is 5.97 Å². The smallest absolute Gasteiger partial charge is 0.329 e. The third kappa shape index (κ3) is 25.5. The molecule has 0 bridgehead atoms. The zero-order valence-electron chi connectivity index (χ0n) is 48.4. The van der Waals surface area contributed by atoms with E-state index in [9.17, 15) is 57.8 Å². The van der Waals surface area contributed by atoms with Gasteiger partial charge in [-0.25, -0.2) is 4.79 Å². The predicted octanol–water partition coefficient (Wildman–Crippen LogP) is -4.43. The average Bonchev–Trinajstić information content (AvgIpc) is 3.44. The fraction of sp³-hybridized carbons (Fsp3) is 0.685. The largest absolute Gasteiger partial charge is 0.459 e. The Bertz CT molecular complexity index is 2240. The normalized spacial score (nSPS) is 23.5. The standard InChI is InChI=1S/C54H93N15O13/c1-7-8-9-10-14-17-42(71)61-31(4)45(72)69-44(32(5)70)53(80)65-37(20-25-57)46(73)64-38-22-27-60-52(79)43(59)33(6)82-54(81)39(21-26-58)66-47(74)35(18-23-55)63-50(77)40(28-30(2)3)67-51(78)41(29-34-15-12-11-13-16-34)68-48(75)36(19-24-56)62-49(38)76/h11-13,15-16,30-33,35-41,43-44,70H,7-10,14,17-29,55-59H2,1-6H3,(H,60,79)(H,61,71)(H,62,76)(H,63,77)(H,64,73)(H,65,80)(H,66,74)(H,67,78)(H,68,75)(H,69,72)/t31-,32+,33+,35-,36?,37-,38?,39-,40-,41+,43-,44-/m0/s1. The Balaban J connectivity index is 2.62. The maximum absolute atomic E-state index is 14.4. The van der Waals surface area contributed by atoms with Gasteiger partial charge in [0.1, 0.15) is 66.5 Å². The second-order valence-electron chi connectivity index (χ2n) is 21.0. The highest BCUT2D eigenvalue weighted by molar-refractivity contribution is 5.98. The number of benzene rings is 1. The highest BCUT2D eigenvalue weighted by Crippen LogP contribution is 2.12. The molecule has 2 rings (SSSR count). The number of carbonyl (C=O) groups excluding carboxylic acids is 11. The van der Waals surface area contributed by atoms with Crippen molar-refractivity contribution in [2.24, 2.45) is 34.6 Å². The lowest BCUT2D eigenvalue weighted by atomic mass is 10.00. The maximum Gasteiger partial charge on any atom is 0.329 e. The summed E-state index contributed by atoms with van der Waals surface area (Å²) in [4.78, 5) is 152. The van der Waals surface area contributed by atoms with Crippen LogP contribution in [0, 0.1) is 5.92 Å². The van der Waals surface area contributed by atoms with Crippen LogP contribution in [-0.4, -0.2) is 175 Å². The Morgan fingerprint density at radius 2 is 1.18 bits per heavy atom. The summed E-state index contributed by atoms with van der Waals surface area (Å²) in [6.07, 6.45) is 0.633. The summed E-state index contributed by atoms with van der Waals surface area (Å²) in [5.74, 6) is -9.68. The van der Waals surface area contributed by atoms with Crippen LogP contribution in [0.15, 0.2) is 30.3 Å². The van der Waals surface area contributed by atoms with E-state index >= 15 is 0 Å². The summed E-state index contributed by atoms with van der Waals surface area (Å²) >= 11 is 0. The van der Waals surface area contributed by atoms with Crippen molar-refractivity contribution in [1.29, 1.82) is 0 Å². The molecule has 1 heterocycles. The Labute approximate surface area is 480 Å². The fourth-order valence-corrected chi connectivity index (χ4v) is 8.61. The van der Waals surface area contributed by atoms with Gasteiger partial charge in [0.15, 0.2) is 0 Å². The molecule has 0 aromatic heterocycles. The Morgan fingerprint density at radius 1 is 0.646 bits per heavy atom. The van der Waals surface area contributed by atoms with E-state index < -0.39 is 145 Å². The number of rotatable bonds is 26. The summed E-state index contributed by atoms with van der Waals surface area (Å²) in [7, 11) is 0. The molecule has 82 heavy (non-hydrogen) atoms. The van der Waals surface area contributed by atoms with Gasteiger partial charge in [-0.1, -0.05) is 76.8 Å². The molecular formula is C54H93N15O13. The lowest BCUT2D eigenvalue weighted by molar-refractivity contribution is -0.154. The van der Waals surface area contributed by atoms with Gasteiger partial charge in [-0.15, -0.1) is 0 Å². The van der Waals surface area contributed by atoms with Crippen LogP contribution in [0.2, 0.25) is 0 Å². The predicted molar refractivity (Wildman–Crippen MR) is 304 cm³/mol. The first-order chi connectivity index (χ1) is 38.9. The Hall–Kier alpha value is -6.85. The van der Waals surface area contributed by atoms with Gasteiger partial charge in [0.05, 0.1) is 6.10 Å². The molecule has 28 heteroatoms. The van der Waals surface area contributed by atoms with E-state index in [0.717, 1.165) is 25.7 Å². The lowest BCUT2D eigenvalue weighted by Gasteiger charge is -2.29. The van der Waals surface area contributed by atoms with E-state index in [0.29, 0.717) is 12.0 Å². The monoisotopic (exact) mass is 1160 g/mol. The molecule has 0 spiro atoms. The zero-order valence-corrected chi connectivity index (χ0v) is 48.4. The van der Waals surface area contributed by atoms with Gasteiger partial charge in [0.25, 0.3) is 0 Å². The van der Waals surface area contributed by atoms with Gasteiger partial charge in [0.2, 0.25) is 59.1 Å². The number of amides is 10. The second-order valence-corrected chi connectivity index (χ2v) is 21.0. The topological polar surface area (TPSA) is 468 Å². The van der Waals surface area contributed by atoms with E-state index in [1.54, 1.807) is 44.2 Å². The van der Waals surface area contributed by atoms with E-state index in [1.807, 2.05) is 0 Å². The van der Waals surface area contributed by atoms with E-state index in [1.165, 1.54) is 20.8 Å². The number of cyclic esters (lactones) is 1. The van der Waals surface area contributed by atoms with Crippen LogP contribution in [0.5, 0.6) is 0 Å². The van der Waals surface area contributed by atoms with E-state index in [2.05, 4.69) is 60.1 Å². The number of hydrogen-bond acceptors (Lipinski definition) is 18. The molecule has 12 atom stereocenters. The molecule has 0 aliphatic carbocycles. The van der Waals surface area contributed by atoms with Gasteiger partial charge in [-0.2, -0.15) is 0 Å². The van der Waals surface area contributed by atoms with Crippen molar-refractivity contribution in [1.82, 2.24) is 53.2 Å². The molecular weight excluding hydrogens is 1070 g/mol. The molecule has 28 nitrogen and oxygen atoms in total. The molecule has 10 amide bonds. The molecule has 1 aliphatic rings. The van der Waals surface area contributed by atoms with Crippen molar-refractivity contribution in [3.8, 4) is 0 Å². The Morgan fingerprint density at radius 3 is 1.76 bits per heavy atom. The molecule has 1 aromatic carbocycles. The van der Waals surface area contributed by atoms with Crippen LogP contribution in [0.25, 0.3) is 0 Å². The minimum atomic E-state index is -1.65. The third-order valence-corrected chi connectivity index (χ3v) is 13.4. The number of nitrogens with one attached hydrogen (secondary N) is 10. The lowest BCUT2D eigenvalue weighted by Crippen LogP contribution is -2.62. The number of aliphatic hydroxyl groups is 1. The van der Waals surface area contributed by atoms with E-state index in [-0.39, 0.29) is 82.9 Å². The van der Waals surface area contributed by atoms with Gasteiger partial charge < -0.3 is 91.7 Å². The highest BCUT2D eigenvalue weighted by atomic mass is 16.5.